The number of nitrogens with zero attached hydrogens (tertiary/aromatic N) is 5. The van der Waals surface area contributed by atoms with Gasteiger partial charge in [-0.05, 0) is 6.92 Å². The van der Waals surface area contributed by atoms with E-state index in [1.807, 2.05) is 30.3 Å². The van der Waals surface area contributed by atoms with Crippen LogP contribution in [0.4, 0.5) is 10.3 Å². The number of carbonyl (C=O) groups excluding carboxylic acids is 2. The summed E-state index contributed by atoms with van der Waals surface area (Å²) in [6, 6.07) is 10.9. The molecule has 0 unspecified atom stereocenters. The van der Waals surface area contributed by atoms with Gasteiger partial charge in [-0.1, -0.05) is 69.9 Å². The SMILES string of the molecule is Cc1nnc(NC(=O)CSc2nnc(NC(=O)c3cc(-c4ccccc4)on3)s2)s1. The van der Waals surface area contributed by atoms with E-state index in [1.165, 1.54) is 23.1 Å². The van der Waals surface area contributed by atoms with Crippen molar-refractivity contribution in [2.75, 3.05) is 16.4 Å². The van der Waals surface area contributed by atoms with Gasteiger partial charge >= 0.3 is 0 Å². The molecule has 30 heavy (non-hydrogen) atoms. The van der Waals surface area contributed by atoms with Crippen molar-refractivity contribution in [2.24, 2.45) is 0 Å². The number of hydrogen-bond donors (Lipinski definition) is 2. The summed E-state index contributed by atoms with van der Waals surface area (Å²) in [6.07, 6.45) is 0. The van der Waals surface area contributed by atoms with Gasteiger partial charge in [0, 0.05) is 11.6 Å². The summed E-state index contributed by atoms with van der Waals surface area (Å²) >= 11 is 3.66. The summed E-state index contributed by atoms with van der Waals surface area (Å²) in [7, 11) is 0. The smallest absolute Gasteiger partial charge is 0.279 e. The van der Waals surface area contributed by atoms with Crippen LogP contribution in [0.5, 0.6) is 0 Å². The van der Waals surface area contributed by atoms with Gasteiger partial charge in [0.25, 0.3) is 5.91 Å². The molecule has 4 rings (SSSR count). The Labute approximate surface area is 182 Å². The average Bonchev–Trinajstić information content (AvgIpc) is 3.49. The van der Waals surface area contributed by atoms with Gasteiger partial charge in [0.15, 0.2) is 15.8 Å². The number of carbonyl (C=O) groups is 2. The fourth-order valence-electron chi connectivity index (χ4n) is 2.23. The van der Waals surface area contributed by atoms with E-state index in [-0.39, 0.29) is 17.4 Å². The highest BCUT2D eigenvalue weighted by atomic mass is 32.2. The van der Waals surface area contributed by atoms with Crippen LogP contribution in [0.3, 0.4) is 0 Å². The first kappa shape index (κ1) is 20.1. The molecule has 0 spiro atoms. The molecule has 0 aliphatic carbocycles. The summed E-state index contributed by atoms with van der Waals surface area (Å²) in [5.41, 5.74) is 0.950. The minimum absolute atomic E-state index is 0.130. The summed E-state index contributed by atoms with van der Waals surface area (Å²) in [5.74, 6) is -0.0674. The van der Waals surface area contributed by atoms with Crippen molar-refractivity contribution >= 4 is 56.5 Å². The molecular formula is C17H13N7O3S3. The maximum Gasteiger partial charge on any atom is 0.279 e. The quantitative estimate of drug-likeness (QED) is 0.315. The normalized spacial score (nSPS) is 10.7. The zero-order valence-corrected chi connectivity index (χ0v) is 17.8. The van der Waals surface area contributed by atoms with E-state index in [4.69, 9.17) is 4.52 Å². The Morgan fingerprint density at radius 2 is 1.80 bits per heavy atom. The molecule has 10 nitrogen and oxygen atoms in total. The van der Waals surface area contributed by atoms with Crippen molar-refractivity contribution in [3.63, 3.8) is 0 Å². The zero-order valence-electron chi connectivity index (χ0n) is 15.4. The molecule has 3 heterocycles. The maximum absolute atomic E-state index is 12.4. The Morgan fingerprint density at radius 1 is 1.03 bits per heavy atom. The topological polar surface area (TPSA) is 136 Å². The molecule has 0 aliphatic rings. The third-order valence-corrected chi connectivity index (χ3v) is 6.25. The van der Waals surface area contributed by atoms with Crippen molar-refractivity contribution in [2.45, 2.75) is 11.3 Å². The Bertz CT molecular complexity index is 1170. The number of rotatable bonds is 7. The molecule has 0 saturated heterocycles. The fourth-order valence-corrected chi connectivity index (χ4v) is 4.39. The van der Waals surface area contributed by atoms with Gasteiger partial charge in [0.05, 0.1) is 5.75 Å². The van der Waals surface area contributed by atoms with Gasteiger partial charge < -0.3 is 4.52 Å². The molecule has 2 amide bonds. The predicted molar refractivity (Wildman–Crippen MR) is 114 cm³/mol. The number of anilines is 2. The lowest BCUT2D eigenvalue weighted by molar-refractivity contribution is -0.113. The van der Waals surface area contributed by atoms with Gasteiger partial charge in [-0.15, -0.1) is 20.4 Å². The fraction of sp³-hybridized carbons (Fsp3) is 0.118. The molecule has 0 bridgehead atoms. The second-order valence-corrected chi connectivity index (χ2v) is 9.11. The largest absolute Gasteiger partial charge is 0.355 e. The van der Waals surface area contributed by atoms with E-state index in [0.717, 1.165) is 21.9 Å². The lowest BCUT2D eigenvalue weighted by atomic mass is 10.1. The van der Waals surface area contributed by atoms with E-state index < -0.39 is 5.91 Å². The van der Waals surface area contributed by atoms with Crippen LogP contribution >= 0.6 is 34.4 Å². The van der Waals surface area contributed by atoms with E-state index in [0.29, 0.717) is 20.4 Å². The van der Waals surface area contributed by atoms with Crippen molar-refractivity contribution < 1.29 is 14.1 Å². The Balaban J connectivity index is 1.30. The maximum atomic E-state index is 12.4. The highest BCUT2D eigenvalue weighted by Gasteiger charge is 2.16. The van der Waals surface area contributed by atoms with Crippen molar-refractivity contribution in [1.29, 1.82) is 0 Å². The van der Waals surface area contributed by atoms with Crippen molar-refractivity contribution in [1.82, 2.24) is 25.6 Å². The van der Waals surface area contributed by atoms with Gasteiger partial charge in [-0.25, -0.2) is 0 Å². The molecule has 3 aromatic heterocycles. The number of amides is 2. The first-order chi connectivity index (χ1) is 14.6. The van der Waals surface area contributed by atoms with Crippen LogP contribution in [0.25, 0.3) is 11.3 Å². The van der Waals surface area contributed by atoms with Crippen LogP contribution in [0.1, 0.15) is 15.5 Å². The second kappa shape index (κ2) is 9.11. The summed E-state index contributed by atoms with van der Waals surface area (Å²) in [4.78, 5) is 24.3. The number of nitrogens with one attached hydrogen (secondary N) is 2. The van der Waals surface area contributed by atoms with Crippen LogP contribution < -0.4 is 10.6 Å². The van der Waals surface area contributed by atoms with E-state index >= 15 is 0 Å². The minimum atomic E-state index is -0.460. The Morgan fingerprint density at radius 3 is 2.57 bits per heavy atom. The van der Waals surface area contributed by atoms with E-state index in [9.17, 15) is 9.59 Å². The molecule has 4 aromatic rings. The Hall–Kier alpha value is -3.16. The highest BCUT2D eigenvalue weighted by Crippen LogP contribution is 2.26. The summed E-state index contributed by atoms with van der Waals surface area (Å²) < 4.78 is 5.77. The van der Waals surface area contributed by atoms with Gasteiger partial charge in [-0.2, -0.15) is 0 Å². The predicted octanol–water partition coefficient (Wildman–Crippen LogP) is 3.34. The highest BCUT2D eigenvalue weighted by molar-refractivity contribution is 8.01. The third kappa shape index (κ3) is 5.06. The molecule has 13 heteroatoms. The number of thioether (sulfide) groups is 1. The minimum Gasteiger partial charge on any atom is -0.355 e. The van der Waals surface area contributed by atoms with E-state index in [2.05, 4.69) is 36.2 Å². The molecule has 0 aliphatic heterocycles. The first-order valence-electron chi connectivity index (χ1n) is 8.46. The number of aromatic nitrogens is 5. The van der Waals surface area contributed by atoms with Crippen LogP contribution in [0, 0.1) is 6.92 Å². The molecule has 0 fully saturated rings. The summed E-state index contributed by atoms with van der Waals surface area (Å²) in [5, 5.41) is 26.2. The van der Waals surface area contributed by atoms with Gasteiger partial charge in [-0.3, -0.25) is 20.2 Å². The van der Waals surface area contributed by atoms with Crippen LogP contribution in [-0.2, 0) is 4.79 Å². The molecule has 0 radical (unpaired) electrons. The van der Waals surface area contributed by atoms with Crippen molar-refractivity contribution in [3.05, 3.63) is 47.1 Å². The molecule has 0 atom stereocenters. The average molecular weight is 460 g/mol. The molecular weight excluding hydrogens is 446 g/mol. The zero-order chi connectivity index (χ0) is 20.9. The number of aryl methyl sites for hydroxylation is 1. The van der Waals surface area contributed by atoms with E-state index in [1.54, 1.807) is 13.0 Å². The van der Waals surface area contributed by atoms with Gasteiger partial charge in [0.1, 0.15) is 5.01 Å². The molecule has 152 valence electrons. The van der Waals surface area contributed by atoms with Crippen LogP contribution in [-0.4, -0.2) is 43.1 Å². The third-order valence-electron chi connectivity index (χ3n) is 3.53. The lowest BCUT2D eigenvalue weighted by Gasteiger charge is -1.98. The first-order valence-corrected chi connectivity index (χ1v) is 11.1. The van der Waals surface area contributed by atoms with Crippen molar-refractivity contribution in [3.8, 4) is 11.3 Å². The molecule has 2 N–H and O–H groups in total. The second-order valence-electron chi connectivity index (χ2n) is 5.73. The number of benzene rings is 1. The summed E-state index contributed by atoms with van der Waals surface area (Å²) in [6.45, 7) is 1.81. The van der Waals surface area contributed by atoms with Crippen LogP contribution in [0.2, 0.25) is 0 Å². The van der Waals surface area contributed by atoms with Crippen LogP contribution in [0.15, 0.2) is 45.3 Å². The number of hydrogen-bond acceptors (Lipinski definition) is 11. The molecule has 0 saturated carbocycles. The van der Waals surface area contributed by atoms with Gasteiger partial charge in [0.2, 0.25) is 16.2 Å². The monoisotopic (exact) mass is 459 g/mol. The standard InChI is InChI=1S/C17H13N7O3S3/c1-9-20-21-15(29-9)18-13(25)8-28-17-23-22-16(30-17)19-14(26)11-7-12(27-24-11)10-5-3-2-4-6-10/h2-7H,8H2,1H3,(H,18,21,25)(H,19,22,26). The lowest BCUT2D eigenvalue weighted by Crippen LogP contribution is -2.13. The molecule has 1 aromatic carbocycles. The Kier molecular flexibility index (Phi) is 6.11.